The second kappa shape index (κ2) is 12.3. The van der Waals surface area contributed by atoms with Crippen LogP contribution >= 0.6 is 24.0 Å². The number of guanidine groups is 1. The number of rotatable bonds is 7. The molecular formula is C22H30IN3O5. The van der Waals surface area contributed by atoms with Crippen molar-refractivity contribution in [2.45, 2.75) is 19.9 Å². The summed E-state index contributed by atoms with van der Waals surface area (Å²) in [6.45, 7) is 4.39. The van der Waals surface area contributed by atoms with E-state index in [4.69, 9.17) is 28.7 Å². The fourth-order valence-electron chi connectivity index (χ4n) is 3.08. The number of methoxy groups -OCH3 is 3. The van der Waals surface area contributed by atoms with Crippen molar-refractivity contribution < 1.29 is 23.7 Å². The fraction of sp³-hybridized carbons (Fsp3) is 0.409. The molecular weight excluding hydrogens is 513 g/mol. The van der Waals surface area contributed by atoms with Gasteiger partial charge in [-0.2, -0.15) is 0 Å². The van der Waals surface area contributed by atoms with E-state index < -0.39 is 0 Å². The minimum Gasteiger partial charge on any atom is -0.496 e. The molecule has 0 amide bonds. The van der Waals surface area contributed by atoms with Gasteiger partial charge in [-0.15, -0.1) is 24.0 Å². The molecule has 9 heteroatoms. The molecule has 0 unspecified atom stereocenters. The molecule has 0 fully saturated rings. The van der Waals surface area contributed by atoms with Gasteiger partial charge in [0.05, 0.1) is 46.7 Å². The third kappa shape index (κ3) is 6.46. The topological polar surface area (TPSA) is 82.6 Å². The SMILES string of the molecule is CCNC(=NCc1c(OC)cc(OC)cc1OC)Nc1ccc2c(c1)OCCCO2.I. The molecule has 2 aromatic rings. The van der Waals surface area contributed by atoms with Gasteiger partial charge >= 0.3 is 0 Å². The number of fused-ring (bicyclic) bond motifs is 1. The van der Waals surface area contributed by atoms with E-state index in [1.54, 1.807) is 21.3 Å². The summed E-state index contributed by atoms with van der Waals surface area (Å²) in [5.41, 5.74) is 1.68. The van der Waals surface area contributed by atoms with Gasteiger partial charge in [-0.3, -0.25) is 0 Å². The first-order chi connectivity index (χ1) is 14.7. The highest BCUT2D eigenvalue weighted by atomic mass is 127. The van der Waals surface area contributed by atoms with Crippen molar-refractivity contribution in [2.24, 2.45) is 4.99 Å². The number of benzene rings is 2. The zero-order valence-corrected chi connectivity index (χ0v) is 20.6. The number of halogens is 1. The maximum Gasteiger partial charge on any atom is 0.196 e. The molecule has 0 aromatic heterocycles. The molecule has 0 saturated heterocycles. The molecule has 1 heterocycles. The maximum absolute atomic E-state index is 5.77. The van der Waals surface area contributed by atoms with E-state index in [0.29, 0.717) is 49.5 Å². The van der Waals surface area contributed by atoms with Gasteiger partial charge in [-0.05, 0) is 19.1 Å². The van der Waals surface area contributed by atoms with Crippen LogP contribution < -0.4 is 34.3 Å². The summed E-state index contributed by atoms with van der Waals surface area (Å²) in [7, 11) is 4.83. The van der Waals surface area contributed by atoms with Crippen molar-refractivity contribution in [1.82, 2.24) is 5.32 Å². The van der Waals surface area contributed by atoms with Gasteiger partial charge < -0.3 is 34.3 Å². The van der Waals surface area contributed by atoms with Gasteiger partial charge in [0, 0.05) is 36.9 Å². The Kier molecular flexibility index (Phi) is 9.83. The number of nitrogens with zero attached hydrogens (tertiary/aromatic N) is 1. The average molecular weight is 543 g/mol. The molecule has 0 radical (unpaired) electrons. The van der Waals surface area contributed by atoms with Crippen LogP contribution in [0.25, 0.3) is 0 Å². The van der Waals surface area contributed by atoms with Crippen LogP contribution in [-0.4, -0.2) is 47.0 Å². The predicted octanol–water partition coefficient (Wildman–Crippen LogP) is 4.07. The second-order valence-corrected chi connectivity index (χ2v) is 6.54. The summed E-state index contributed by atoms with van der Waals surface area (Å²) in [4.78, 5) is 4.70. The van der Waals surface area contributed by atoms with Crippen LogP contribution in [0.5, 0.6) is 28.7 Å². The molecule has 0 bridgehead atoms. The largest absolute Gasteiger partial charge is 0.496 e. The molecule has 2 N–H and O–H groups in total. The highest BCUT2D eigenvalue weighted by molar-refractivity contribution is 14.0. The standard InChI is InChI=1S/C22H29N3O5.HI/c1-5-23-22(25-15-7-8-18-21(11-15)30-10-6-9-29-18)24-14-17-19(27-3)12-16(26-2)13-20(17)28-4;/h7-8,11-13H,5-6,9-10,14H2,1-4H3,(H2,23,24,25);1H. The van der Waals surface area contributed by atoms with E-state index >= 15 is 0 Å². The first kappa shape index (κ1) is 24.7. The summed E-state index contributed by atoms with van der Waals surface area (Å²) in [6, 6.07) is 9.40. The van der Waals surface area contributed by atoms with Crippen molar-refractivity contribution in [1.29, 1.82) is 0 Å². The Hall–Kier alpha value is -2.56. The molecule has 1 aliphatic heterocycles. The van der Waals surface area contributed by atoms with Crippen molar-refractivity contribution >= 4 is 35.6 Å². The Labute approximate surface area is 200 Å². The van der Waals surface area contributed by atoms with Gasteiger partial charge in [-0.1, -0.05) is 0 Å². The highest BCUT2D eigenvalue weighted by Crippen LogP contribution is 2.35. The van der Waals surface area contributed by atoms with E-state index in [2.05, 4.69) is 10.6 Å². The minimum absolute atomic E-state index is 0. The third-order valence-electron chi connectivity index (χ3n) is 4.57. The third-order valence-corrected chi connectivity index (χ3v) is 4.57. The Balaban J connectivity index is 0.00000341. The van der Waals surface area contributed by atoms with Gasteiger partial charge in [-0.25, -0.2) is 4.99 Å². The van der Waals surface area contributed by atoms with Crippen molar-refractivity contribution in [3.8, 4) is 28.7 Å². The number of anilines is 1. The Morgan fingerprint density at radius 1 is 0.968 bits per heavy atom. The second-order valence-electron chi connectivity index (χ2n) is 6.54. The minimum atomic E-state index is 0. The van der Waals surface area contributed by atoms with Gasteiger partial charge in [0.25, 0.3) is 0 Å². The summed E-state index contributed by atoms with van der Waals surface area (Å²) < 4.78 is 27.8. The molecule has 0 saturated carbocycles. The molecule has 3 rings (SSSR count). The number of ether oxygens (including phenoxy) is 5. The highest BCUT2D eigenvalue weighted by Gasteiger charge is 2.14. The van der Waals surface area contributed by atoms with Gasteiger partial charge in [0.1, 0.15) is 17.2 Å². The van der Waals surface area contributed by atoms with E-state index in [-0.39, 0.29) is 24.0 Å². The number of hydrogen-bond acceptors (Lipinski definition) is 6. The van der Waals surface area contributed by atoms with E-state index in [1.165, 1.54) is 0 Å². The molecule has 170 valence electrons. The van der Waals surface area contributed by atoms with E-state index in [9.17, 15) is 0 Å². The normalized spacial score (nSPS) is 12.8. The summed E-state index contributed by atoms with van der Waals surface area (Å²) in [5, 5.41) is 6.57. The van der Waals surface area contributed by atoms with E-state index in [0.717, 1.165) is 29.2 Å². The molecule has 0 atom stereocenters. The Morgan fingerprint density at radius 3 is 2.26 bits per heavy atom. The summed E-state index contributed by atoms with van der Waals surface area (Å²) >= 11 is 0. The van der Waals surface area contributed by atoms with E-state index in [1.807, 2.05) is 37.3 Å². The molecule has 0 spiro atoms. The molecule has 0 aliphatic carbocycles. The number of hydrogen-bond donors (Lipinski definition) is 2. The smallest absolute Gasteiger partial charge is 0.196 e. The summed E-state index contributed by atoms with van der Waals surface area (Å²) in [5.74, 6) is 4.09. The lowest BCUT2D eigenvalue weighted by Crippen LogP contribution is -2.30. The molecule has 8 nitrogen and oxygen atoms in total. The van der Waals surface area contributed by atoms with Crippen LogP contribution in [0.1, 0.15) is 18.9 Å². The molecule has 31 heavy (non-hydrogen) atoms. The first-order valence-electron chi connectivity index (χ1n) is 9.92. The summed E-state index contributed by atoms with van der Waals surface area (Å²) in [6.07, 6.45) is 0.868. The van der Waals surface area contributed by atoms with Crippen LogP contribution in [-0.2, 0) is 6.54 Å². The molecule has 1 aliphatic rings. The van der Waals surface area contributed by atoms with Gasteiger partial charge in [0.15, 0.2) is 17.5 Å². The number of nitrogens with one attached hydrogen (secondary N) is 2. The zero-order chi connectivity index (χ0) is 21.3. The lowest BCUT2D eigenvalue weighted by Gasteiger charge is -2.16. The van der Waals surface area contributed by atoms with Gasteiger partial charge in [0.2, 0.25) is 0 Å². The van der Waals surface area contributed by atoms with Crippen LogP contribution in [0.3, 0.4) is 0 Å². The fourth-order valence-corrected chi connectivity index (χ4v) is 3.08. The molecule has 2 aromatic carbocycles. The van der Waals surface area contributed by atoms with Crippen LogP contribution in [0.15, 0.2) is 35.3 Å². The maximum atomic E-state index is 5.77. The lowest BCUT2D eigenvalue weighted by molar-refractivity contribution is 0.297. The van der Waals surface area contributed by atoms with Crippen molar-refractivity contribution in [3.05, 3.63) is 35.9 Å². The Morgan fingerprint density at radius 2 is 1.65 bits per heavy atom. The lowest BCUT2D eigenvalue weighted by atomic mass is 10.1. The Bertz CT molecular complexity index is 866. The van der Waals surface area contributed by atoms with Crippen LogP contribution in [0, 0.1) is 0 Å². The van der Waals surface area contributed by atoms with Crippen molar-refractivity contribution in [2.75, 3.05) is 46.4 Å². The number of aliphatic imine (C=N–C) groups is 1. The van der Waals surface area contributed by atoms with Crippen LogP contribution in [0.2, 0.25) is 0 Å². The average Bonchev–Trinajstić information content (AvgIpc) is 3.02. The zero-order valence-electron chi connectivity index (χ0n) is 18.3. The first-order valence-corrected chi connectivity index (χ1v) is 9.92. The van der Waals surface area contributed by atoms with Crippen LogP contribution in [0.4, 0.5) is 5.69 Å². The van der Waals surface area contributed by atoms with Crippen molar-refractivity contribution in [3.63, 3.8) is 0 Å². The predicted molar refractivity (Wildman–Crippen MR) is 132 cm³/mol. The monoisotopic (exact) mass is 543 g/mol. The quantitative estimate of drug-likeness (QED) is 0.310.